The summed E-state index contributed by atoms with van der Waals surface area (Å²) in [5, 5.41) is 2.72. The predicted octanol–water partition coefficient (Wildman–Crippen LogP) is 5.60. The molecule has 2 nitrogen and oxygen atoms in total. The molecule has 0 aliphatic heterocycles. The highest BCUT2D eigenvalue weighted by Crippen LogP contribution is 2.56. The Labute approximate surface area is 159 Å². The van der Waals surface area contributed by atoms with Gasteiger partial charge in [-0.05, 0) is 81.5 Å². The van der Waals surface area contributed by atoms with E-state index in [0.29, 0.717) is 18.5 Å². The van der Waals surface area contributed by atoms with Crippen LogP contribution in [0, 0.1) is 0 Å². The summed E-state index contributed by atoms with van der Waals surface area (Å²) in [5.41, 5.74) is 1.23. The van der Waals surface area contributed by atoms with Crippen LogP contribution in [0.15, 0.2) is 63.1 Å². The molecule has 0 spiro atoms. The fraction of sp³-hybridized carbons (Fsp3) is 0.316. The molecule has 1 saturated carbocycles. The number of amides is 1. The molecule has 1 fully saturated rings. The minimum atomic E-state index is -1.34. The molecule has 0 heterocycles. The van der Waals surface area contributed by atoms with Gasteiger partial charge in [-0.2, -0.15) is 0 Å². The average molecular weight is 457 g/mol. The first-order chi connectivity index (χ1) is 11.2. The molecule has 5 heteroatoms. The molecule has 0 radical (unpaired) electrons. The maximum atomic E-state index is 14.8. The van der Waals surface area contributed by atoms with Gasteiger partial charge in [0.05, 0.1) is 0 Å². The quantitative estimate of drug-likeness (QED) is 0.336. The highest BCUT2D eigenvalue weighted by atomic mass is 79.9. The van der Waals surface area contributed by atoms with E-state index in [1.807, 2.05) is 25.1 Å². The van der Waals surface area contributed by atoms with E-state index in [4.69, 9.17) is 0 Å². The third-order valence-electron chi connectivity index (χ3n) is 3.83. The zero-order chi connectivity index (χ0) is 17.9. The topological polar surface area (TPSA) is 29.1 Å². The van der Waals surface area contributed by atoms with E-state index >= 15 is 0 Å². The second kappa shape index (κ2) is 7.79. The van der Waals surface area contributed by atoms with Gasteiger partial charge in [0.15, 0.2) is 0 Å². The van der Waals surface area contributed by atoms with Crippen molar-refractivity contribution in [1.29, 1.82) is 0 Å². The molecule has 1 aliphatic carbocycles. The Balaban J connectivity index is 1.97. The molecule has 0 unspecified atom stereocenters. The van der Waals surface area contributed by atoms with Gasteiger partial charge in [-0.3, -0.25) is 4.79 Å². The lowest BCUT2D eigenvalue weighted by atomic mass is 10.1. The summed E-state index contributed by atoms with van der Waals surface area (Å²) in [6, 6.07) is 5.79. The average Bonchev–Trinajstić information content (AvgIpc) is 3.18. The number of hydrogen-bond acceptors (Lipinski definition) is 1. The number of carbonyl (C=O) groups excluding carboxylic acids is 1. The van der Waals surface area contributed by atoms with Crippen molar-refractivity contribution in [3.8, 4) is 0 Å². The first kappa shape index (κ1) is 19.1. The number of carbonyl (C=O) groups is 1. The normalized spacial score (nSPS) is 23.4. The summed E-state index contributed by atoms with van der Waals surface area (Å²) in [7, 11) is 0. The van der Waals surface area contributed by atoms with Crippen LogP contribution < -0.4 is 5.32 Å². The van der Waals surface area contributed by atoms with Crippen molar-refractivity contribution < 1.29 is 9.18 Å². The van der Waals surface area contributed by atoms with Crippen molar-refractivity contribution in [1.82, 2.24) is 5.32 Å². The highest BCUT2D eigenvalue weighted by molar-refractivity contribution is 9.13. The van der Waals surface area contributed by atoms with Crippen molar-refractivity contribution in [2.75, 3.05) is 6.54 Å². The Morgan fingerprint density at radius 1 is 1.42 bits per heavy atom. The maximum Gasteiger partial charge on any atom is 0.244 e. The predicted molar refractivity (Wildman–Crippen MR) is 104 cm³/mol. The lowest BCUT2D eigenvalue weighted by Crippen LogP contribution is -2.22. The molecule has 0 saturated heterocycles. The molecular formula is C19H20Br2FNO. The first-order valence-corrected chi connectivity index (χ1v) is 9.23. The van der Waals surface area contributed by atoms with Crippen LogP contribution in [0.2, 0.25) is 0 Å². The van der Waals surface area contributed by atoms with E-state index < -0.39 is 5.67 Å². The molecule has 1 amide bonds. The monoisotopic (exact) mass is 455 g/mol. The van der Waals surface area contributed by atoms with Gasteiger partial charge in [-0.1, -0.05) is 24.3 Å². The van der Waals surface area contributed by atoms with Crippen LogP contribution >= 0.6 is 31.9 Å². The zero-order valence-electron chi connectivity index (χ0n) is 13.7. The lowest BCUT2D eigenvalue weighted by Gasteiger charge is -2.05. The van der Waals surface area contributed by atoms with Crippen LogP contribution in [-0.4, -0.2) is 18.1 Å². The van der Waals surface area contributed by atoms with Gasteiger partial charge in [0.25, 0.3) is 0 Å². The molecule has 2 rings (SSSR count). The van der Waals surface area contributed by atoms with Crippen molar-refractivity contribution >= 4 is 37.8 Å². The van der Waals surface area contributed by atoms with Gasteiger partial charge < -0.3 is 5.32 Å². The summed E-state index contributed by atoms with van der Waals surface area (Å²) in [6.45, 7) is 7.80. The number of hydrogen-bond donors (Lipinski definition) is 1. The molecule has 2 atom stereocenters. The molecule has 1 aromatic rings. The van der Waals surface area contributed by atoms with Crippen molar-refractivity contribution in [3.63, 3.8) is 0 Å². The van der Waals surface area contributed by atoms with Crippen LogP contribution in [0.5, 0.6) is 0 Å². The molecule has 1 N–H and O–H groups in total. The smallest absolute Gasteiger partial charge is 0.244 e. The van der Waals surface area contributed by atoms with E-state index in [1.165, 1.54) is 6.08 Å². The Morgan fingerprint density at radius 3 is 2.75 bits per heavy atom. The maximum absolute atomic E-state index is 14.8. The number of rotatable bonds is 6. The van der Waals surface area contributed by atoms with Crippen LogP contribution in [0.1, 0.15) is 31.7 Å². The molecule has 128 valence electrons. The molecule has 0 bridgehead atoms. The van der Waals surface area contributed by atoms with E-state index in [-0.39, 0.29) is 11.8 Å². The number of halogens is 3. The third kappa shape index (κ3) is 5.15. The van der Waals surface area contributed by atoms with Crippen LogP contribution in [0.25, 0.3) is 0 Å². The summed E-state index contributed by atoms with van der Waals surface area (Å²) in [4.78, 5) is 11.7. The summed E-state index contributed by atoms with van der Waals surface area (Å²) in [5.74, 6) is -0.333. The number of allylic oxidation sites excluding steroid dienone is 3. The summed E-state index contributed by atoms with van der Waals surface area (Å²) in [6.07, 6.45) is 5.17. The standard InChI is InChI=1S/C19H20Br2FNO/c1-12(2)11-23-18(24)8-13(3)6-7-19(22)10-15(19)14-4-5-16(20)17(21)9-14/h4-9,15H,1,10-11H2,2-3H3,(H,23,24)/b7-6+,13-8+/t15-,19-/m0/s1. The van der Waals surface area contributed by atoms with Crippen LogP contribution in [0.3, 0.4) is 0 Å². The SMILES string of the molecule is C=C(C)CNC(=O)/C=C(C)/C=C/[C@]1(F)C[C@H]1c1ccc(Br)c(Br)c1. The second-order valence-corrected chi connectivity index (χ2v) is 7.96. The number of nitrogens with one attached hydrogen (secondary N) is 1. The van der Waals surface area contributed by atoms with Crippen LogP contribution in [-0.2, 0) is 4.79 Å². The van der Waals surface area contributed by atoms with Crippen molar-refractivity contribution in [2.24, 2.45) is 0 Å². The highest BCUT2D eigenvalue weighted by Gasteiger charge is 2.54. The number of alkyl halides is 1. The van der Waals surface area contributed by atoms with Crippen molar-refractivity contribution in [2.45, 2.75) is 31.9 Å². The van der Waals surface area contributed by atoms with Gasteiger partial charge in [0.1, 0.15) is 5.67 Å². The first-order valence-electron chi connectivity index (χ1n) is 7.65. The Hall–Kier alpha value is -1.20. The Morgan fingerprint density at radius 2 is 2.12 bits per heavy atom. The second-order valence-electron chi connectivity index (χ2n) is 6.25. The minimum absolute atomic E-state index is 0.136. The van der Waals surface area contributed by atoms with E-state index in [9.17, 15) is 9.18 Å². The van der Waals surface area contributed by atoms with E-state index in [2.05, 4.69) is 43.8 Å². The molecular weight excluding hydrogens is 437 g/mol. The van der Waals surface area contributed by atoms with Gasteiger partial charge in [0.2, 0.25) is 5.91 Å². The van der Waals surface area contributed by atoms with Crippen molar-refractivity contribution in [3.05, 3.63) is 68.7 Å². The fourth-order valence-corrected chi connectivity index (χ4v) is 3.02. The Bertz CT molecular complexity index is 726. The van der Waals surface area contributed by atoms with Gasteiger partial charge in [-0.25, -0.2) is 4.39 Å². The van der Waals surface area contributed by atoms with Gasteiger partial charge >= 0.3 is 0 Å². The fourth-order valence-electron chi connectivity index (χ4n) is 2.38. The third-order valence-corrected chi connectivity index (χ3v) is 5.71. The van der Waals surface area contributed by atoms with E-state index in [0.717, 1.165) is 20.1 Å². The van der Waals surface area contributed by atoms with Crippen LogP contribution in [0.4, 0.5) is 4.39 Å². The summed E-state index contributed by atoms with van der Waals surface area (Å²) < 4.78 is 16.7. The molecule has 24 heavy (non-hydrogen) atoms. The molecule has 1 aromatic carbocycles. The minimum Gasteiger partial charge on any atom is -0.349 e. The largest absolute Gasteiger partial charge is 0.349 e. The van der Waals surface area contributed by atoms with E-state index in [1.54, 1.807) is 19.1 Å². The zero-order valence-corrected chi connectivity index (χ0v) is 16.9. The summed E-state index contributed by atoms with van der Waals surface area (Å²) >= 11 is 6.86. The van der Waals surface area contributed by atoms with Gasteiger partial charge in [-0.15, -0.1) is 0 Å². The number of benzene rings is 1. The lowest BCUT2D eigenvalue weighted by molar-refractivity contribution is -0.116. The molecule has 0 aromatic heterocycles. The van der Waals surface area contributed by atoms with Gasteiger partial charge in [0, 0.05) is 27.5 Å². The Kier molecular flexibility index (Phi) is 6.21. The molecule has 1 aliphatic rings.